The lowest BCUT2D eigenvalue weighted by molar-refractivity contribution is 0.0670. The molecule has 26 heavy (non-hydrogen) atoms. The van der Waals surface area contributed by atoms with Crippen molar-refractivity contribution in [2.24, 2.45) is 13.0 Å². The van der Waals surface area contributed by atoms with Crippen molar-refractivity contribution in [1.82, 2.24) is 24.9 Å². The number of carbonyl (C=O) groups is 1. The SMILES string of the molecule is C[C@H]1CN(C(=O)Nc2ccc(-c3cnn(C)c3)nn2)[C@@H]1c1ccccc1. The number of likely N-dealkylation sites (tertiary alicyclic amines) is 1. The minimum atomic E-state index is -0.152. The van der Waals surface area contributed by atoms with E-state index in [0.29, 0.717) is 11.7 Å². The van der Waals surface area contributed by atoms with E-state index in [1.54, 1.807) is 16.9 Å². The van der Waals surface area contributed by atoms with Gasteiger partial charge in [-0.25, -0.2) is 4.79 Å². The second-order valence-corrected chi connectivity index (χ2v) is 6.62. The number of amides is 2. The van der Waals surface area contributed by atoms with Crippen molar-refractivity contribution in [3.63, 3.8) is 0 Å². The van der Waals surface area contributed by atoms with Crippen LogP contribution in [0.15, 0.2) is 54.9 Å². The number of nitrogens with zero attached hydrogens (tertiary/aromatic N) is 5. The van der Waals surface area contributed by atoms with E-state index in [1.165, 1.54) is 0 Å². The Morgan fingerprint density at radius 3 is 2.58 bits per heavy atom. The Bertz CT molecular complexity index is 905. The summed E-state index contributed by atoms with van der Waals surface area (Å²) in [6, 6.07) is 13.6. The summed E-state index contributed by atoms with van der Waals surface area (Å²) in [6.07, 6.45) is 3.60. The average molecular weight is 348 g/mol. The van der Waals surface area contributed by atoms with Crippen LogP contribution in [0.2, 0.25) is 0 Å². The third-order valence-electron chi connectivity index (χ3n) is 4.66. The van der Waals surface area contributed by atoms with Gasteiger partial charge in [0, 0.05) is 25.4 Å². The van der Waals surface area contributed by atoms with Crippen molar-refractivity contribution < 1.29 is 4.79 Å². The van der Waals surface area contributed by atoms with Crippen LogP contribution in [0.5, 0.6) is 0 Å². The quantitative estimate of drug-likeness (QED) is 0.789. The van der Waals surface area contributed by atoms with Gasteiger partial charge in [-0.3, -0.25) is 10.00 Å². The molecule has 2 amide bonds. The molecule has 1 aliphatic heterocycles. The maximum Gasteiger partial charge on any atom is 0.323 e. The zero-order valence-corrected chi connectivity index (χ0v) is 14.7. The molecule has 0 aliphatic carbocycles. The summed E-state index contributed by atoms with van der Waals surface area (Å²) in [6.45, 7) is 2.89. The van der Waals surface area contributed by atoms with Gasteiger partial charge in [-0.2, -0.15) is 5.10 Å². The van der Waals surface area contributed by atoms with E-state index in [9.17, 15) is 4.79 Å². The molecule has 0 unspecified atom stereocenters. The molecule has 7 heteroatoms. The van der Waals surface area contributed by atoms with Crippen LogP contribution in [-0.4, -0.2) is 37.5 Å². The molecule has 2 atom stereocenters. The van der Waals surface area contributed by atoms with Gasteiger partial charge < -0.3 is 4.90 Å². The Morgan fingerprint density at radius 2 is 1.96 bits per heavy atom. The topological polar surface area (TPSA) is 75.9 Å². The first-order valence-electron chi connectivity index (χ1n) is 8.57. The molecular formula is C19H20N6O. The fourth-order valence-corrected chi connectivity index (χ4v) is 3.35. The number of aromatic nitrogens is 4. The minimum Gasteiger partial charge on any atom is -0.317 e. The highest BCUT2D eigenvalue weighted by atomic mass is 16.2. The molecule has 1 N–H and O–H groups in total. The van der Waals surface area contributed by atoms with Crippen LogP contribution >= 0.6 is 0 Å². The number of anilines is 1. The molecule has 1 aromatic carbocycles. The summed E-state index contributed by atoms with van der Waals surface area (Å²) in [7, 11) is 1.85. The lowest BCUT2D eigenvalue weighted by Gasteiger charge is -2.46. The van der Waals surface area contributed by atoms with Crippen molar-refractivity contribution in [1.29, 1.82) is 0 Å². The number of nitrogens with one attached hydrogen (secondary N) is 1. The van der Waals surface area contributed by atoms with Crippen LogP contribution < -0.4 is 5.32 Å². The first kappa shape index (κ1) is 16.3. The molecular weight excluding hydrogens is 328 g/mol. The highest BCUT2D eigenvalue weighted by molar-refractivity contribution is 5.89. The number of urea groups is 1. The number of carbonyl (C=O) groups excluding carboxylic acids is 1. The monoisotopic (exact) mass is 348 g/mol. The van der Waals surface area contributed by atoms with E-state index in [4.69, 9.17) is 0 Å². The Balaban J connectivity index is 1.45. The fourth-order valence-electron chi connectivity index (χ4n) is 3.35. The minimum absolute atomic E-state index is 0.0961. The standard InChI is InChI=1S/C19H20N6O/c1-13-11-25(18(13)14-6-4-3-5-7-14)19(26)21-17-9-8-16(22-23-17)15-10-20-24(2)12-15/h3-10,12-13,18H,11H2,1-2H3,(H,21,23,26)/t13-,18-/m0/s1. The third kappa shape index (κ3) is 3.03. The highest BCUT2D eigenvalue weighted by Crippen LogP contribution is 2.38. The van der Waals surface area contributed by atoms with Gasteiger partial charge in [-0.05, 0) is 23.6 Å². The van der Waals surface area contributed by atoms with E-state index in [2.05, 4.69) is 39.7 Å². The van der Waals surface area contributed by atoms with E-state index < -0.39 is 0 Å². The van der Waals surface area contributed by atoms with Gasteiger partial charge in [0.25, 0.3) is 0 Å². The first-order valence-corrected chi connectivity index (χ1v) is 8.57. The highest BCUT2D eigenvalue weighted by Gasteiger charge is 2.40. The summed E-state index contributed by atoms with van der Waals surface area (Å²) in [5.74, 6) is 0.871. The maximum absolute atomic E-state index is 12.6. The number of aryl methyl sites for hydroxylation is 1. The van der Waals surface area contributed by atoms with Gasteiger partial charge >= 0.3 is 6.03 Å². The second kappa shape index (κ2) is 6.59. The zero-order chi connectivity index (χ0) is 18.1. The second-order valence-electron chi connectivity index (χ2n) is 6.62. The number of hydrogen-bond acceptors (Lipinski definition) is 4. The average Bonchev–Trinajstić information content (AvgIpc) is 3.07. The van der Waals surface area contributed by atoms with Crippen molar-refractivity contribution in [2.45, 2.75) is 13.0 Å². The van der Waals surface area contributed by atoms with E-state index in [1.807, 2.05) is 42.4 Å². The number of benzene rings is 1. The van der Waals surface area contributed by atoms with Gasteiger partial charge in [0.1, 0.15) is 0 Å². The predicted octanol–water partition coefficient (Wildman–Crippen LogP) is 3.10. The van der Waals surface area contributed by atoms with Crippen LogP contribution in [0.25, 0.3) is 11.3 Å². The normalized spacial score (nSPS) is 19.1. The molecule has 1 aliphatic rings. The summed E-state index contributed by atoms with van der Waals surface area (Å²) in [4.78, 5) is 14.4. The van der Waals surface area contributed by atoms with Crippen molar-refractivity contribution in [3.8, 4) is 11.3 Å². The largest absolute Gasteiger partial charge is 0.323 e. The summed E-state index contributed by atoms with van der Waals surface area (Å²) < 4.78 is 1.71. The van der Waals surface area contributed by atoms with Gasteiger partial charge in [0.05, 0.1) is 17.9 Å². The Hall–Kier alpha value is -3.22. The molecule has 0 spiro atoms. The summed E-state index contributed by atoms with van der Waals surface area (Å²) in [5.41, 5.74) is 2.76. The van der Waals surface area contributed by atoms with E-state index >= 15 is 0 Å². The van der Waals surface area contributed by atoms with E-state index in [0.717, 1.165) is 23.4 Å². The lowest BCUT2D eigenvalue weighted by Crippen LogP contribution is -2.53. The molecule has 1 saturated heterocycles. The molecule has 7 nitrogen and oxygen atoms in total. The van der Waals surface area contributed by atoms with E-state index in [-0.39, 0.29) is 12.1 Å². The molecule has 0 bridgehead atoms. The maximum atomic E-state index is 12.6. The molecule has 0 radical (unpaired) electrons. The third-order valence-corrected chi connectivity index (χ3v) is 4.66. The van der Waals surface area contributed by atoms with Crippen LogP contribution in [0.1, 0.15) is 18.5 Å². The van der Waals surface area contributed by atoms with Crippen LogP contribution in [0.3, 0.4) is 0 Å². The van der Waals surface area contributed by atoms with Crippen LogP contribution in [-0.2, 0) is 7.05 Å². The smallest absolute Gasteiger partial charge is 0.317 e. The van der Waals surface area contributed by atoms with Gasteiger partial charge in [0.2, 0.25) is 0 Å². The Kier molecular flexibility index (Phi) is 4.12. The Morgan fingerprint density at radius 1 is 1.15 bits per heavy atom. The molecule has 4 rings (SSSR count). The predicted molar refractivity (Wildman–Crippen MR) is 98.3 cm³/mol. The van der Waals surface area contributed by atoms with Crippen molar-refractivity contribution in [2.75, 3.05) is 11.9 Å². The fraction of sp³-hybridized carbons (Fsp3) is 0.263. The summed E-state index contributed by atoms with van der Waals surface area (Å²) >= 11 is 0. The molecule has 2 aromatic heterocycles. The number of hydrogen-bond donors (Lipinski definition) is 1. The summed E-state index contributed by atoms with van der Waals surface area (Å²) in [5, 5.41) is 15.3. The number of rotatable bonds is 3. The Labute approximate surface area is 151 Å². The molecule has 0 saturated carbocycles. The lowest BCUT2D eigenvalue weighted by atomic mass is 9.85. The molecule has 1 fully saturated rings. The van der Waals surface area contributed by atoms with Crippen molar-refractivity contribution in [3.05, 3.63) is 60.4 Å². The van der Waals surface area contributed by atoms with Crippen LogP contribution in [0, 0.1) is 5.92 Å². The van der Waals surface area contributed by atoms with Gasteiger partial charge in [-0.15, -0.1) is 10.2 Å². The van der Waals surface area contributed by atoms with Crippen LogP contribution in [0.4, 0.5) is 10.6 Å². The molecule has 3 aromatic rings. The first-order chi connectivity index (χ1) is 12.6. The van der Waals surface area contributed by atoms with Gasteiger partial charge in [-0.1, -0.05) is 37.3 Å². The zero-order valence-electron chi connectivity index (χ0n) is 14.7. The molecule has 132 valence electrons. The van der Waals surface area contributed by atoms with Crippen molar-refractivity contribution >= 4 is 11.8 Å². The van der Waals surface area contributed by atoms with Gasteiger partial charge in [0.15, 0.2) is 5.82 Å². The molecule has 3 heterocycles.